The Morgan fingerprint density at radius 1 is 1.12 bits per heavy atom. The smallest absolute Gasteiger partial charge is 0.234 e. The lowest BCUT2D eigenvalue weighted by atomic mass is 9.78. The van der Waals surface area contributed by atoms with Gasteiger partial charge in [-0.25, -0.2) is 9.97 Å². The number of anilines is 1. The molecule has 26 heavy (non-hydrogen) atoms. The summed E-state index contributed by atoms with van der Waals surface area (Å²) in [6, 6.07) is 8.19. The maximum Gasteiger partial charge on any atom is 0.234 e. The van der Waals surface area contributed by atoms with Gasteiger partial charge in [0, 0.05) is 19.6 Å². The van der Waals surface area contributed by atoms with Crippen LogP contribution >= 0.6 is 0 Å². The van der Waals surface area contributed by atoms with E-state index in [4.69, 9.17) is 4.74 Å². The number of carbonyl (C=O) groups excluding carboxylic acids is 1. The summed E-state index contributed by atoms with van der Waals surface area (Å²) >= 11 is 0. The Labute approximate surface area is 153 Å². The Balaban J connectivity index is 1.46. The van der Waals surface area contributed by atoms with Crippen molar-refractivity contribution in [2.24, 2.45) is 5.41 Å². The molecular weight excluding hydrogens is 328 g/mol. The molecule has 2 saturated heterocycles. The summed E-state index contributed by atoms with van der Waals surface area (Å²) in [6.07, 6.45) is 7.87. The van der Waals surface area contributed by atoms with Crippen molar-refractivity contribution in [3.05, 3.63) is 48.5 Å². The van der Waals surface area contributed by atoms with Crippen LogP contribution in [0.3, 0.4) is 0 Å². The van der Waals surface area contributed by atoms with E-state index in [1.165, 1.54) is 11.9 Å². The van der Waals surface area contributed by atoms with Gasteiger partial charge < -0.3 is 9.64 Å². The van der Waals surface area contributed by atoms with Crippen molar-refractivity contribution in [3.63, 3.8) is 0 Å². The van der Waals surface area contributed by atoms with Crippen molar-refractivity contribution < 1.29 is 9.53 Å². The van der Waals surface area contributed by atoms with Crippen LogP contribution in [-0.2, 0) is 11.3 Å². The van der Waals surface area contributed by atoms with Crippen molar-refractivity contribution in [1.29, 1.82) is 0 Å². The first-order valence-corrected chi connectivity index (χ1v) is 9.12. The van der Waals surface area contributed by atoms with Crippen LogP contribution in [0.15, 0.2) is 43.0 Å². The maximum absolute atomic E-state index is 13.2. The van der Waals surface area contributed by atoms with E-state index in [2.05, 4.69) is 27.0 Å². The fourth-order valence-electron chi connectivity index (χ4n) is 4.23. The molecule has 0 saturated carbocycles. The SMILES string of the molecule is COc1ccc(CN2CCCC3(CCN(c4cncnc4)C3=O)C2)cc1. The fourth-order valence-corrected chi connectivity index (χ4v) is 4.23. The van der Waals surface area contributed by atoms with Crippen LogP contribution in [0.5, 0.6) is 5.75 Å². The third kappa shape index (κ3) is 3.17. The minimum absolute atomic E-state index is 0.228. The van der Waals surface area contributed by atoms with Crippen molar-refractivity contribution in [2.45, 2.75) is 25.8 Å². The van der Waals surface area contributed by atoms with Gasteiger partial charge in [-0.05, 0) is 43.5 Å². The monoisotopic (exact) mass is 352 g/mol. The van der Waals surface area contributed by atoms with E-state index in [1.807, 2.05) is 17.0 Å². The van der Waals surface area contributed by atoms with E-state index >= 15 is 0 Å². The molecule has 1 amide bonds. The van der Waals surface area contributed by atoms with Crippen LogP contribution in [0.25, 0.3) is 0 Å². The van der Waals surface area contributed by atoms with Crippen LogP contribution in [0.4, 0.5) is 5.69 Å². The molecule has 3 heterocycles. The minimum atomic E-state index is -0.263. The summed E-state index contributed by atoms with van der Waals surface area (Å²) in [6.45, 7) is 3.48. The van der Waals surface area contributed by atoms with Crippen molar-refractivity contribution in [1.82, 2.24) is 14.9 Å². The summed E-state index contributed by atoms with van der Waals surface area (Å²) in [5.41, 5.74) is 1.80. The second kappa shape index (κ2) is 7.03. The van der Waals surface area contributed by atoms with Gasteiger partial charge in [0.2, 0.25) is 5.91 Å². The van der Waals surface area contributed by atoms with Crippen molar-refractivity contribution in [3.8, 4) is 5.75 Å². The largest absolute Gasteiger partial charge is 0.497 e. The standard InChI is InChI=1S/C20H24N4O2/c1-26-18-5-3-16(4-6-18)13-23-9-2-7-20(14-23)8-10-24(19(20)25)17-11-21-15-22-12-17/h3-6,11-12,15H,2,7-10,13-14H2,1H3. The van der Waals surface area contributed by atoms with Gasteiger partial charge in [-0.2, -0.15) is 0 Å². The lowest BCUT2D eigenvalue weighted by Crippen LogP contribution is -2.47. The molecule has 1 aromatic heterocycles. The highest BCUT2D eigenvalue weighted by Gasteiger charge is 2.49. The number of hydrogen-bond acceptors (Lipinski definition) is 5. The number of aromatic nitrogens is 2. The second-order valence-electron chi connectivity index (χ2n) is 7.25. The van der Waals surface area contributed by atoms with Gasteiger partial charge in [-0.1, -0.05) is 12.1 Å². The average molecular weight is 352 g/mol. The van der Waals surface area contributed by atoms with E-state index in [9.17, 15) is 4.79 Å². The number of benzene rings is 1. The van der Waals surface area contributed by atoms with Crippen LogP contribution in [0.1, 0.15) is 24.8 Å². The number of methoxy groups -OCH3 is 1. The fraction of sp³-hybridized carbons (Fsp3) is 0.450. The molecule has 136 valence electrons. The molecule has 6 heteroatoms. The first-order chi connectivity index (χ1) is 12.7. The van der Waals surface area contributed by atoms with Gasteiger partial charge in [0.1, 0.15) is 12.1 Å². The summed E-state index contributed by atoms with van der Waals surface area (Å²) in [5, 5.41) is 0. The van der Waals surface area contributed by atoms with Crippen LogP contribution in [0.2, 0.25) is 0 Å². The third-order valence-electron chi connectivity index (χ3n) is 5.59. The Morgan fingerprint density at radius 2 is 1.88 bits per heavy atom. The highest BCUT2D eigenvalue weighted by Crippen LogP contribution is 2.41. The maximum atomic E-state index is 13.2. The molecule has 0 N–H and O–H groups in total. The van der Waals surface area contributed by atoms with Crippen LogP contribution in [0, 0.1) is 5.41 Å². The molecule has 2 fully saturated rings. The summed E-state index contributed by atoms with van der Waals surface area (Å²) in [4.78, 5) is 25.6. The van der Waals surface area contributed by atoms with E-state index < -0.39 is 0 Å². The predicted molar refractivity (Wildman–Crippen MR) is 98.9 cm³/mol. The average Bonchev–Trinajstić information content (AvgIpc) is 2.99. The second-order valence-corrected chi connectivity index (χ2v) is 7.25. The number of ether oxygens (including phenoxy) is 1. The number of piperidine rings is 1. The van der Waals surface area contributed by atoms with Gasteiger partial charge in [-0.3, -0.25) is 9.69 Å². The van der Waals surface area contributed by atoms with Gasteiger partial charge in [0.15, 0.2) is 0 Å². The lowest BCUT2D eigenvalue weighted by molar-refractivity contribution is -0.128. The first kappa shape index (κ1) is 17.0. The van der Waals surface area contributed by atoms with E-state index in [0.29, 0.717) is 0 Å². The van der Waals surface area contributed by atoms with Crippen molar-refractivity contribution >= 4 is 11.6 Å². The zero-order valence-corrected chi connectivity index (χ0v) is 15.1. The van der Waals surface area contributed by atoms with Crippen molar-refractivity contribution in [2.75, 3.05) is 31.6 Å². The molecule has 0 aliphatic carbocycles. The first-order valence-electron chi connectivity index (χ1n) is 9.12. The quantitative estimate of drug-likeness (QED) is 0.846. The molecule has 1 spiro atoms. The topological polar surface area (TPSA) is 58.6 Å². The van der Waals surface area contributed by atoms with Gasteiger partial charge in [0.25, 0.3) is 0 Å². The van der Waals surface area contributed by atoms with Gasteiger partial charge >= 0.3 is 0 Å². The molecule has 1 unspecified atom stereocenters. The highest BCUT2D eigenvalue weighted by molar-refractivity contribution is 5.99. The number of rotatable bonds is 4. The molecule has 6 nitrogen and oxygen atoms in total. The predicted octanol–water partition coefficient (Wildman–Crippen LogP) is 2.50. The molecule has 0 radical (unpaired) electrons. The molecule has 2 aliphatic heterocycles. The highest BCUT2D eigenvalue weighted by atomic mass is 16.5. The number of likely N-dealkylation sites (tertiary alicyclic amines) is 1. The van der Waals surface area contributed by atoms with Gasteiger partial charge in [-0.15, -0.1) is 0 Å². The Bertz CT molecular complexity index is 765. The summed E-state index contributed by atoms with van der Waals surface area (Å²) in [5.74, 6) is 1.10. The minimum Gasteiger partial charge on any atom is -0.497 e. The zero-order valence-electron chi connectivity index (χ0n) is 15.1. The molecule has 4 rings (SSSR count). The molecular formula is C20H24N4O2. The van der Waals surface area contributed by atoms with E-state index in [0.717, 1.165) is 56.9 Å². The number of carbonyl (C=O) groups is 1. The molecule has 2 aromatic rings. The summed E-state index contributed by atoms with van der Waals surface area (Å²) < 4.78 is 5.23. The Kier molecular flexibility index (Phi) is 4.59. The molecule has 0 bridgehead atoms. The van der Waals surface area contributed by atoms with Crippen LogP contribution in [-0.4, -0.2) is 47.5 Å². The Hall–Kier alpha value is -2.47. The normalized spacial score (nSPS) is 23.6. The van der Waals surface area contributed by atoms with E-state index in [-0.39, 0.29) is 11.3 Å². The molecule has 1 aromatic carbocycles. The van der Waals surface area contributed by atoms with Gasteiger partial charge in [0.05, 0.1) is 30.6 Å². The lowest BCUT2D eigenvalue weighted by Gasteiger charge is -2.39. The van der Waals surface area contributed by atoms with Crippen LogP contribution < -0.4 is 9.64 Å². The number of nitrogens with zero attached hydrogens (tertiary/aromatic N) is 4. The summed E-state index contributed by atoms with van der Waals surface area (Å²) in [7, 11) is 1.68. The zero-order chi connectivity index (χ0) is 18.0. The van der Waals surface area contributed by atoms with E-state index in [1.54, 1.807) is 19.5 Å². The molecule has 1 atom stereocenters. The number of hydrogen-bond donors (Lipinski definition) is 0. The Morgan fingerprint density at radius 3 is 2.62 bits per heavy atom. The third-order valence-corrected chi connectivity index (χ3v) is 5.59. The number of amides is 1. The molecule has 2 aliphatic rings.